The molecule has 0 radical (unpaired) electrons. The standard InChI is InChI=1S/C30H28F12N8/c1-47(2)7-5-9-49-19-13-17-24(16(28(34,35)36)12-21(43-17)29(37,38)39)46-26(19)50(10-6-8-48(3)4)20-14-18-23(45-25(20)49)15(27(31,32)33)11-22(44-18)30(40,41)42/h11-14H,5-10H2,1-4H3. The summed E-state index contributed by atoms with van der Waals surface area (Å²) in [6.45, 7) is 0.578. The predicted molar refractivity (Wildman–Crippen MR) is 159 cm³/mol. The highest BCUT2D eigenvalue weighted by Crippen LogP contribution is 2.50. The van der Waals surface area contributed by atoms with Crippen LogP contribution in [0.1, 0.15) is 35.4 Å². The molecule has 0 aliphatic carbocycles. The molecule has 5 rings (SSSR count). The van der Waals surface area contributed by atoms with Crippen LogP contribution in [0.25, 0.3) is 22.1 Å². The zero-order valence-electron chi connectivity index (χ0n) is 26.7. The minimum atomic E-state index is -5.32. The fourth-order valence-corrected chi connectivity index (χ4v) is 5.55. The Bertz CT molecular complexity index is 1760. The van der Waals surface area contributed by atoms with Gasteiger partial charge in [-0.15, -0.1) is 0 Å². The fraction of sp³-hybridized carbons (Fsp3) is 0.467. The fourth-order valence-electron chi connectivity index (χ4n) is 5.55. The summed E-state index contributed by atoms with van der Waals surface area (Å²) in [4.78, 5) is 21.3. The van der Waals surface area contributed by atoms with Gasteiger partial charge in [-0.05, 0) is 78.4 Å². The molecular formula is C30H28F12N8. The smallest absolute Gasteiger partial charge is 0.321 e. The van der Waals surface area contributed by atoms with Crippen LogP contribution in [0.3, 0.4) is 0 Å². The maximum absolute atomic E-state index is 14.2. The third kappa shape index (κ3) is 7.45. The summed E-state index contributed by atoms with van der Waals surface area (Å²) in [5.74, 6) is -0.491. The number of fused-ring (bicyclic) bond motifs is 4. The molecule has 4 aromatic heterocycles. The molecule has 0 aromatic carbocycles. The van der Waals surface area contributed by atoms with Crippen molar-refractivity contribution in [2.24, 2.45) is 0 Å². The van der Waals surface area contributed by atoms with Gasteiger partial charge in [-0.1, -0.05) is 0 Å². The molecular weight excluding hydrogens is 700 g/mol. The van der Waals surface area contributed by atoms with Crippen LogP contribution in [-0.4, -0.2) is 84.1 Å². The molecule has 0 unspecified atom stereocenters. The van der Waals surface area contributed by atoms with Gasteiger partial charge in [0.15, 0.2) is 11.6 Å². The van der Waals surface area contributed by atoms with E-state index in [4.69, 9.17) is 0 Å². The summed E-state index contributed by atoms with van der Waals surface area (Å²) >= 11 is 0. The van der Waals surface area contributed by atoms with Crippen LogP contribution in [0.15, 0.2) is 24.3 Å². The Balaban J connectivity index is 1.88. The second-order valence-corrected chi connectivity index (χ2v) is 12.1. The molecule has 1 aliphatic rings. The van der Waals surface area contributed by atoms with Crippen LogP contribution in [0.2, 0.25) is 0 Å². The van der Waals surface area contributed by atoms with Crippen LogP contribution in [0, 0.1) is 0 Å². The Hall–Kier alpha value is -4.20. The molecule has 272 valence electrons. The van der Waals surface area contributed by atoms with Gasteiger partial charge in [0.1, 0.15) is 22.4 Å². The summed E-state index contributed by atoms with van der Waals surface area (Å²) in [7, 11) is 6.86. The van der Waals surface area contributed by atoms with Crippen molar-refractivity contribution in [2.45, 2.75) is 37.5 Å². The minimum Gasteiger partial charge on any atom is -0.321 e. The average Bonchev–Trinajstić information content (AvgIpc) is 2.97. The van der Waals surface area contributed by atoms with Crippen molar-refractivity contribution < 1.29 is 52.7 Å². The first kappa shape index (κ1) is 37.1. The molecule has 50 heavy (non-hydrogen) atoms. The van der Waals surface area contributed by atoms with E-state index in [0.717, 1.165) is 12.1 Å². The predicted octanol–water partition coefficient (Wildman–Crippen LogP) is 8.14. The lowest BCUT2D eigenvalue weighted by Crippen LogP contribution is -2.34. The first-order valence-electron chi connectivity index (χ1n) is 14.8. The van der Waals surface area contributed by atoms with Gasteiger partial charge in [0.05, 0.1) is 33.5 Å². The molecule has 20 heteroatoms. The van der Waals surface area contributed by atoms with E-state index in [1.54, 1.807) is 38.0 Å². The summed E-state index contributed by atoms with van der Waals surface area (Å²) in [5, 5.41) is 0. The lowest BCUT2D eigenvalue weighted by molar-refractivity contribution is -0.146. The monoisotopic (exact) mass is 728 g/mol. The molecule has 1 aliphatic heterocycles. The molecule has 0 N–H and O–H groups in total. The van der Waals surface area contributed by atoms with Gasteiger partial charge >= 0.3 is 24.7 Å². The van der Waals surface area contributed by atoms with Crippen molar-refractivity contribution >= 4 is 45.1 Å². The molecule has 8 nitrogen and oxygen atoms in total. The van der Waals surface area contributed by atoms with Crippen LogP contribution in [-0.2, 0) is 24.7 Å². The highest BCUT2D eigenvalue weighted by Gasteiger charge is 2.43. The number of pyridine rings is 4. The average molecular weight is 729 g/mol. The van der Waals surface area contributed by atoms with E-state index in [0.29, 0.717) is 13.1 Å². The molecule has 4 aromatic rings. The van der Waals surface area contributed by atoms with Crippen molar-refractivity contribution in [2.75, 3.05) is 64.2 Å². The van der Waals surface area contributed by atoms with Crippen LogP contribution < -0.4 is 9.80 Å². The van der Waals surface area contributed by atoms with E-state index in [-0.39, 0.29) is 61.1 Å². The van der Waals surface area contributed by atoms with Crippen LogP contribution >= 0.6 is 0 Å². The number of nitrogens with zero attached hydrogens (tertiary/aromatic N) is 8. The SMILES string of the molecule is CN(C)CCCN1c2cc3nc(C(F)(F)F)cc(C(F)(F)F)c3nc2N(CCCN(C)C)c2cc3nc(C(F)(F)F)cc(C(F)(F)F)c3nc21. The zero-order chi connectivity index (χ0) is 37.1. The molecule has 0 fully saturated rings. The Morgan fingerprint density at radius 1 is 0.500 bits per heavy atom. The van der Waals surface area contributed by atoms with Gasteiger partial charge in [-0.25, -0.2) is 19.9 Å². The van der Waals surface area contributed by atoms with Crippen molar-refractivity contribution in [3.63, 3.8) is 0 Å². The number of hydrogen-bond acceptors (Lipinski definition) is 8. The number of hydrogen-bond donors (Lipinski definition) is 0. The van der Waals surface area contributed by atoms with E-state index in [2.05, 4.69) is 19.9 Å². The summed E-state index contributed by atoms with van der Waals surface area (Å²) < 4.78 is 168. The van der Waals surface area contributed by atoms with E-state index in [9.17, 15) is 52.7 Å². The number of rotatable bonds is 8. The van der Waals surface area contributed by atoms with E-state index >= 15 is 0 Å². The largest absolute Gasteiger partial charge is 0.433 e. The van der Waals surface area contributed by atoms with Gasteiger partial charge in [0, 0.05) is 13.1 Å². The van der Waals surface area contributed by atoms with Crippen molar-refractivity contribution in [1.29, 1.82) is 0 Å². The van der Waals surface area contributed by atoms with E-state index < -0.39 is 69.3 Å². The maximum atomic E-state index is 14.2. The quantitative estimate of drug-likeness (QED) is 0.169. The third-order valence-electron chi connectivity index (χ3n) is 7.74. The number of halogens is 12. The van der Waals surface area contributed by atoms with Gasteiger partial charge < -0.3 is 19.6 Å². The first-order chi connectivity index (χ1) is 23.0. The van der Waals surface area contributed by atoms with E-state index in [1.807, 2.05) is 0 Å². The zero-order valence-corrected chi connectivity index (χ0v) is 26.7. The Kier molecular flexibility index (Phi) is 9.52. The van der Waals surface area contributed by atoms with Gasteiger partial charge in [0.2, 0.25) is 0 Å². The van der Waals surface area contributed by atoms with Crippen LogP contribution in [0.5, 0.6) is 0 Å². The summed E-state index contributed by atoms with van der Waals surface area (Å²) in [5.41, 5.74) is -10.9. The Morgan fingerprint density at radius 2 is 0.840 bits per heavy atom. The lowest BCUT2D eigenvalue weighted by Gasteiger charge is -2.39. The highest BCUT2D eigenvalue weighted by atomic mass is 19.4. The van der Waals surface area contributed by atoms with Gasteiger partial charge in [0.25, 0.3) is 0 Å². The van der Waals surface area contributed by atoms with Crippen molar-refractivity contribution in [3.8, 4) is 0 Å². The Labute approximate surface area is 276 Å². The number of anilines is 4. The lowest BCUT2D eigenvalue weighted by atomic mass is 10.1. The van der Waals surface area contributed by atoms with Gasteiger partial charge in [-0.2, -0.15) is 52.7 Å². The second kappa shape index (κ2) is 12.8. The molecule has 0 spiro atoms. The van der Waals surface area contributed by atoms with Crippen molar-refractivity contribution in [1.82, 2.24) is 29.7 Å². The van der Waals surface area contributed by atoms with Gasteiger partial charge in [-0.3, -0.25) is 0 Å². The molecule has 5 heterocycles. The third-order valence-corrected chi connectivity index (χ3v) is 7.74. The topological polar surface area (TPSA) is 64.5 Å². The second-order valence-electron chi connectivity index (χ2n) is 12.1. The van der Waals surface area contributed by atoms with Crippen molar-refractivity contribution in [3.05, 3.63) is 46.8 Å². The highest BCUT2D eigenvalue weighted by molar-refractivity contribution is 5.99. The molecule has 0 saturated carbocycles. The molecule has 0 bridgehead atoms. The molecule has 0 atom stereocenters. The molecule has 0 amide bonds. The maximum Gasteiger partial charge on any atom is 0.433 e. The Morgan fingerprint density at radius 3 is 1.12 bits per heavy atom. The number of alkyl halides is 12. The van der Waals surface area contributed by atoms with E-state index in [1.165, 1.54) is 9.80 Å². The normalized spacial score (nSPS) is 14.4. The first-order valence-corrected chi connectivity index (χ1v) is 14.8. The van der Waals surface area contributed by atoms with Crippen LogP contribution in [0.4, 0.5) is 75.7 Å². The minimum absolute atomic E-state index is 0.0874. The summed E-state index contributed by atoms with van der Waals surface area (Å²) in [6.07, 6.45) is -20.7. The number of aromatic nitrogens is 4. The molecule has 0 saturated heterocycles. The summed E-state index contributed by atoms with van der Waals surface area (Å²) in [6, 6.07) is 1.53.